The Morgan fingerprint density at radius 2 is 1.11 bits per heavy atom. The van der Waals surface area contributed by atoms with Crippen LogP contribution >= 0.6 is 0 Å². The van der Waals surface area contributed by atoms with Crippen LogP contribution in [0, 0.1) is 0 Å². The minimum Gasteiger partial charge on any atom is -0.508 e. The minimum atomic E-state index is -1.06. The Labute approximate surface area is 164 Å². The zero-order chi connectivity index (χ0) is 20.0. The first-order chi connectivity index (χ1) is 13.5. The van der Waals surface area contributed by atoms with Crippen molar-refractivity contribution in [1.29, 1.82) is 0 Å². The van der Waals surface area contributed by atoms with E-state index in [1.807, 2.05) is 24.3 Å². The van der Waals surface area contributed by atoms with Crippen molar-refractivity contribution in [2.75, 3.05) is 0 Å². The fraction of sp³-hybridized carbons (Fsp3) is 0.0833. The molecule has 0 heterocycles. The molecule has 28 heavy (non-hydrogen) atoms. The van der Waals surface area contributed by atoms with Crippen LogP contribution in [0.15, 0.2) is 97.1 Å². The Kier molecular flexibility index (Phi) is 5.82. The summed E-state index contributed by atoms with van der Waals surface area (Å²) in [4.78, 5) is 0. The lowest BCUT2D eigenvalue weighted by Gasteiger charge is -2.26. The Morgan fingerprint density at radius 3 is 1.57 bits per heavy atom. The van der Waals surface area contributed by atoms with Gasteiger partial charge in [0.05, 0.1) is 0 Å². The van der Waals surface area contributed by atoms with Crippen LogP contribution in [0.2, 0.25) is 0 Å². The molecule has 0 aliphatic heterocycles. The standard InChI is InChI=1S/C12H12O2.C12H10O2/c13-11-7-3-2-6-10(11)12(14)8-4-1-5-9-12;13-11-7-3-1-5-9(11)10-6-2-4-8-12(10)14/h1-8,13-14H,9H2;1-8,13-14H. The quantitative estimate of drug-likeness (QED) is 0.516. The van der Waals surface area contributed by atoms with E-state index in [0.29, 0.717) is 23.1 Å². The molecule has 0 bridgehead atoms. The van der Waals surface area contributed by atoms with Crippen molar-refractivity contribution >= 4 is 0 Å². The van der Waals surface area contributed by atoms with Gasteiger partial charge in [0.2, 0.25) is 0 Å². The van der Waals surface area contributed by atoms with E-state index in [0.717, 1.165) is 0 Å². The molecule has 0 spiro atoms. The van der Waals surface area contributed by atoms with Crippen LogP contribution in [-0.4, -0.2) is 20.4 Å². The number of para-hydroxylation sites is 3. The van der Waals surface area contributed by atoms with E-state index < -0.39 is 5.60 Å². The Morgan fingerprint density at radius 1 is 0.607 bits per heavy atom. The van der Waals surface area contributed by atoms with Crippen LogP contribution in [0.1, 0.15) is 12.0 Å². The van der Waals surface area contributed by atoms with E-state index >= 15 is 0 Å². The number of hydrogen-bond donors (Lipinski definition) is 4. The Bertz CT molecular complexity index is 963. The highest BCUT2D eigenvalue weighted by atomic mass is 16.3. The molecular formula is C24H22O4. The van der Waals surface area contributed by atoms with Gasteiger partial charge in [0, 0.05) is 23.1 Å². The third kappa shape index (κ3) is 4.24. The molecule has 3 aromatic rings. The zero-order valence-electron chi connectivity index (χ0n) is 15.2. The second-order valence-corrected chi connectivity index (χ2v) is 6.47. The number of hydrogen-bond acceptors (Lipinski definition) is 4. The van der Waals surface area contributed by atoms with E-state index in [-0.39, 0.29) is 17.2 Å². The number of phenols is 3. The largest absolute Gasteiger partial charge is 0.508 e. The monoisotopic (exact) mass is 374 g/mol. The van der Waals surface area contributed by atoms with Gasteiger partial charge < -0.3 is 20.4 Å². The number of aromatic hydroxyl groups is 3. The SMILES string of the molecule is Oc1ccccc1-c1ccccc1O.Oc1ccccc1C1(O)C=CC=CC1. The van der Waals surface area contributed by atoms with Gasteiger partial charge >= 0.3 is 0 Å². The summed E-state index contributed by atoms with van der Waals surface area (Å²) < 4.78 is 0. The third-order valence-corrected chi connectivity index (χ3v) is 4.52. The zero-order valence-corrected chi connectivity index (χ0v) is 15.2. The molecule has 0 aromatic heterocycles. The lowest BCUT2D eigenvalue weighted by Crippen LogP contribution is -2.23. The van der Waals surface area contributed by atoms with Crippen LogP contribution < -0.4 is 0 Å². The summed E-state index contributed by atoms with van der Waals surface area (Å²) in [6.45, 7) is 0. The van der Waals surface area contributed by atoms with Gasteiger partial charge in [0.1, 0.15) is 22.8 Å². The maximum atomic E-state index is 10.2. The lowest BCUT2D eigenvalue weighted by atomic mass is 9.87. The minimum absolute atomic E-state index is 0.134. The average molecular weight is 374 g/mol. The lowest BCUT2D eigenvalue weighted by molar-refractivity contribution is 0.0887. The second-order valence-electron chi connectivity index (χ2n) is 6.47. The van der Waals surface area contributed by atoms with Gasteiger partial charge in [-0.2, -0.15) is 0 Å². The summed E-state index contributed by atoms with van der Waals surface area (Å²) in [5.74, 6) is 0.484. The topological polar surface area (TPSA) is 80.9 Å². The summed E-state index contributed by atoms with van der Waals surface area (Å²) in [6, 6.07) is 20.7. The first kappa shape index (κ1) is 19.3. The van der Waals surface area contributed by atoms with Crippen LogP contribution in [-0.2, 0) is 5.60 Å². The number of allylic oxidation sites excluding steroid dienone is 2. The van der Waals surface area contributed by atoms with Crippen molar-refractivity contribution in [3.63, 3.8) is 0 Å². The molecule has 1 unspecified atom stereocenters. The maximum Gasteiger partial charge on any atom is 0.123 e. The van der Waals surface area contributed by atoms with Gasteiger partial charge in [-0.3, -0.25) is 0 Å². The molecule has 0 amide bonds. The second kappa shape index (κ2) is 8.46. The van der Waals surface area contributed by atoms with Gasteiger partial charge in [0.25, 0.3) is 0 Å². The summed E-state index contributed by atoms with van der Waals surface area (Å²) >= 11 is 0. The predicted octanol–water partition coefficient (Wildman–Crippen LogP) is 4.86. The van der Waals surface area contributed by atoms with Gasteiger partial charge in [-0.1, -0.05) is 72.8 Å². The Balaban J connectivity index is 0.000000161. The maximum absolute atomic E-state index is 10.2. The number of phenolic OH excluding ortho intramolecular Hbond substituents is 3. The first-order valence-corrected chi connectivity index (χ1v) is 8.93. The normalized spacial score (nSPS) is 17.6. The Hall–Kier alpha value is -3.50. The van der Waals surface area contributed by atoms with Gasteiger partial charge in [0.15, 0.2) is 0 Å². The summed E-state index contributed by atoms with van der Waals surface area (Å²) in [7, 11) is 0. The van der Waals surface area contributed by atoms with Crippen molar-refractivity contribution in [2.45, 2.75) is 12.0 Å². The average Bonchev–Trinajstić information content (AvgIpc) is 2.70. The first-order valence-electron chi connectivity index (χ1n) is 8.93. The molecule has 142 valence electrons. The summed E-state index contributed by atoms with van der Waals surface area (Å²) in [5, 5.41) is 39.0. The van der Waals surface area contributed by atoms with E-state index in [1.54, 1.807) is 72.8 Å². The van der Waals surface area contributed by atoms with E-state index in [1.165, 1.54) is 0 Å². The molecule has 4 heteroatoms. The van der Waals surface area contributed by atoms with Crippen molar-refractivity contribution in [3.05, 3.63) is 103 Å². The fourth-order valence-electron chi connectivity index (χ4n) is 3.05. The molecule has 0 saturated heterocycles. The third-order valence-electron chi connectivity index (χ3n) is 4.52. The van der Waals surface area contributed by atoms with E-state index in [9.17, 15) is 20.4 Å². The van der Waals surface area contributed by atoms with Crippen LogP contribution in [0.5, 0.6) is 17.2 Å². The predicted molar refractivity (Wildman–Crippen MR) is 110 cm³/mol. The van der Waals surface area contributed by atoms with Gasteiger partial charge in [-0.25, -0.2) is 0 Å². The van der Waals surface area contributed by atoms with Crippen molar-refractivity contribution in [1.82, 2.24) is 0 Å². The van der Waals surface area contributed by atoms with Gasteiger partial charge in [-0.15, -0.1) is 0 Å². The van der Waals surface area contributed by atoms with Gasteiger partial charge in [-0.05, 0) is 24.3 Å². The molecule has 1 aliphatic carbocycles. The molecule has 3 aromatic carbocycles. The molecule has 0 fully saturated rings. The molecule has 4 nitrogen and oxygen atoms in total. The summed E-state index contributed by atoms with van der Waals surface area (Å²) in [5.41, 5.74) is 0.789. The molecular weight excluding hydrogens is 352 g/mol. The molecule has 0 saturated carbocycles. The fourth-order valence-corrected chi connectivity index (χ4v) is 3.05. The smallest absolute Gasteiger partial charge is 0.123 e. The molecule has 1 atom stereocenters. The highest BCUT2D eigenvalue weighted by molar-refractivity contribution is 5.74. The van der Waals surface area contributed by atoms with Crippen molar-refractivity contribution in [3.8, 4) is 28.4 Å². The van der Waals surface area contributed by atoms with E-state index in [4.69, 9.17) is 0 Å². The van der Waals surface area contributed by atoms with E-state index in [2.05, 4.69) is 0 Å². The van der Waals surface area contributed by atoms with Crippen LogP contribution in [0.4, 0.5) is 0 Å². The molecule has 4 rings (SSSR count). The molecule has 0 radical (unpaired) electrons. The highest BCUT2D eigenvalue weighted by Gasteiger charge is 2.28. The number of benzene rings is 3. The highest BCUT2D eigenvalue weighted by Crippen LogP contribution is 2.35. The van der Waals surface area contributed by atoms with Crippen LogP contribution in [0.25, 0.3) is 11.1 Å². The summed E-state index contributed by atoms with van der Waals surface area (Å²) in [6.07, 6.45) is 7.75. The number of aliphatic hydroxyl groups is 1. The molecule has 1 aliphatic rings. The van der Waals surface area contributed by atoms with Crippen molar-refractivity contribution in [2.24, 2.45) is 0 Å². The molecule has 4 N–H and O–H groups in total. The number of rotatable bonds is 2. The van der Waals surface area contributed by atoms with Crippen LogP contribution in [0.3, 0.4) is 0 Å². The van der Waals surface area contributed by atoms with Crippen molar-refractivity contribution < 1.29 is 20.4 Å².